The van der Waals surface area contributed by atoms with Crippen molar-refractivity contribution in [2.75, 3.05) is 13.1 Å². The van der Waals surface area contributed by atoms with Crippen molar-refractivity contribution in [2.45, 2.75) is 41.0 Å². The molecule has 108 valence electrons. The molecule has 0 aliphatic heterocycles. The molecule has 0 radical (unpaired) electrons. The van der Waals surface area contributed by atoms with Crippen molar-refractivity contribution in [3.63, 3.8) is 0 Å². The minimum absolute atomic E-state index is 0.639. The monoisotopic (exact) mass is 281 g/mol. The van der Waals surface area contributed by atoms with Crippen LogP contribution in [0.15, 0.2) is 18.2 Å². The molecule has 0 spiro atoms. The Morgan fingerprint density at radius 1 is 1.05 bits per heavy atom. The lowest BCUT2D eigenvalue weighted by atomic mass is 9.89. The summed E-state index contributed by atoms with van der Waals surface area (Å²) < 4.78 is 0. The summed E-state index contributed by atoms with van der Waals surface area (Å²) in [6, 6.07) is 6.38. The van der Waals surface area contributed by atoms with Crippen molar-refractivity contribution in [3.05, 3.63) is 34.3 Å². The van der Waals surface area contributed by atoms with E-state index in [0.717, 1.165) is 24.5 Å². The van der Waals surface area contributed by atoms with Crippen LogP contribution in [-0.4, -0.2) is 13.1 Å². The quantitative estimate of drug-likeness (QED) is 0.763. The van der Waals surface area contributed by atoms with Gasteiger partial charge in [-0.25, -0.2) is 0 Å². The number of hydrogen-bond donors (Lipinski definition) is 1. The molecule has 0 aliphatic rings. The number of benzene rings is 1. The zero-order chi connectivity index (χ0) is 14.4. The molecule has 1 aromatic carbocycles. The first kappa shape index (κ1) is 16.5. The Hall–Kier alpha value is -0.530. The molecule has 1 nitrogen and oxygen atoms in total. The van der Waals surface area contributed by atoms with Crippen molar-refractivity contribution < 1.29 is 0 Å². The van der Waals surface area contributed by atoms with Crippen LogP contribution in [0, 0.1) is 24.7 Å². The third kappa shape index (κ3) is 5.97. The molecule has 19 heavy (non-hydrogen) atoms. The normalized spacial score (nSPS) is 14.7. The lowest BCUT2D eigenvalue weighted by Crippen LogP contribution is -2.28. The summed E-state index contributed by atoms with van der Waals surface area (Å²) in [5, 5.41) is 4.45. The second kappa shape index (κ2) is 7.91. The van der Waals surface area contributed by atoms with Crippen LogP contribution in [0.1, 0.15) is 38.8 Å². The zero-order valence-electron chi connectivity index (χ0n) is 13.0. The Kier molecular flexibility index (Phi) is 6.88. The molecular formula is C17H28ClN. The molecule has 1 aromatic rings. The average Bonchev–Trinajstić information content (AvgIpc) is 2.32. The molecule has 0 aliphatic carbocycles. The highest BCUT2D eigenvalue weighted by molar-refractivity contribution is 6.31. The molecule has 1 rings (SSSR count). The molecular weight excluding hydrogens is 254 g/mol. The van der Waals surface area contributed by atoms with E-state index in [2.05, 4.69) is 58.1 Å². The van der Waals surface area contributed by atoms with Gasteiger partial charge in [-0.3, -0.25) is 0 Å². The van der Waals surface area contributed by atoms with E-state index in [9.17, 15) is 0 Å². The van der Waals surface area contributed by atoms with Crippen LogP contribution in [0.25, 0.3) is 0 Å². The highest BCUT2D eigenvalue weighted by Gasteiger charge is 2.14. The summed E-state index contributed by atoms with van der Waals surface area (Å²) >= 11 is 6.31. The third-order valence-corrected chi connectivity index (χ3v) is 4.09. The topological polar surface area (TPSA) is 12.0 Å². The van der Waals surface area contributed by atoms with Gasteiger partial charge < -0.3 is 5.32 Å². The van der Waals surface area contributed by atoms with E-state index in [1.807, 2.05) is 0 Å². The maximum Gasteiger partial charge on any atom is 0.0440 e. The van der Waals surface area contributed by atoms with Gasteiger partial charge in [-0.1, -0.05) is 51.4 Å². The first-order chi connectivity index (χ1) is 8.90. The molecule has 0 saturated carbocycles. The highest BCUT2D eigenvalue weighted by atomic mass is 35.5. The lowest BCUT2D eigenvalue weighted by Gasteiger charge is -2.21. The van der Waals surface area contributed by atoms with Crippen LogP contribution in [0.5, 0.6) is 0 Å². The fourth-order valence-corrected chi connectivity index (χ4v) is 2.48. The summed E-state index contributed by atoms with van der Waals surface area (Å²) in [6.07, 6.45) is 1.06. The van der Waals surface area contributed by atoms with Crippen molar-refractivity contribution in [3.8, 4) is 0 Å². The minimum Gasteiger partial charge on any atom is -0.316 e. The van der Waals surface area contributed by atoms with Gasteiger partial charge in [-0.15, -0.1) is 0 Å². The van der Waals surface area contributed by atoms with Crippen molar-refractivity contribution in [2.24, 2.45) is 17.8 Å². The van der Waals surface area contributed by atoms with Gasteiger partial charge >= 0.3 is 0 Å². The first-order valence-electron chi connectivity index (χ1n) is 7.36. The summed E-state index contributed by atoms with van der Waals surface area (Å²) in [6.45, 7) is 13.4. The van der Waals surface area contributed by atoms with Crippen LogP contribution in [0.4, 0.5) is 0 Å². The molecule has 0 aromatic heterocycles. The second-order valence-electron chi connectivity index (χ2n) is 6.31. The van der Waals surface area contributed by atoms with E-state index in [1.165, 1.54) is 11.1 Å². The Morgan fingerprint density at radius 3 is 2.32 bits per heavy atom. The Morgan fingerprint density at radius 2 is 1.74 bits per heavy atom. The molecule has 2 atom stereocenters. The van der Waals surface area contributed by atoms with Crippen molar-refractivity contribution in [1.82, 2.24) is 5.32 Å². The lowest BCUT2D eigenvalue weighted by molar-refractivity contribution is 0.357. The molecule has 0 amide bonds. The van der Waals surface area contributed by atoms with Gasteiger partial charge in [0.2, 0.25) is 0 Å². The van der Waals surface area contributed by atoms with Crippen LogP contribution < -0.4 is 5.32 Å². The largest absolute Gasteiger partial charge is 0.316 e. The Bertz CT molecular complexity index is 387. The number of aryl methyl sites for hydroxylation is 1. The number of halogens is 1. The predicted molar refractivity (Wildman–Crippen MR) is 85.9 cm³/mol. The van der Waals surface area contributed by atoms with Crippen molar-refractivity contribution in [1.29, 1.82) is 0 Å². The third-order valence-electron chi connectivity index (χ3n) is 3.74. The maximum atomic E-state index is 6.31. The van der Waals surface area contributed by atoms with Crippen LogP contribution in [0.2, 0.25) is 5.02 Å². The summed E-state index contributed by atoms with van der Waals surface area (Å²) in [5.74, 6) is 2.02. The smallest absolute Gasteiger partial charge is 0.0440 e. The van der Waals surface area contributed by atoms with Gasteiger partial charge in [0, 0.05) is 5.02 Å². The van der Waals surface area contributed by atoms with E-state index in [1.54, 1.807) is 0 Å². The predicted octanol–water partition coefficient (Wildman–Crippen LogP) is 4.71. The van der Waals surface area contributed by atoms with E-state index in [4.69, 9.17) is 11.6 Å². The van der Waals surface area contributed by atoms with Gasteiger partial charge in [-0.2, -0.15) is 0 Å². The van der Waals surface area contributed by atoms with E-state index >= 15 is 0 Å². The fraction of sp³-hybridized carbons (Fsp3) is 0.647. The van der Waals surface area contributed by atoms with Gasteiger partial charge in [0.25, 0.3) is 0 Å². The van der Waals surface area contributed by atoms with Gasteiger partial charge in [0.15, 0.2) is 0 Å². The number of nitrogens with one attached hydrogen (secondary N) is 1. The summed E-state index contributed by atoms with van der Waals surface area (Å²) in [5.41, 5.74) is 2.50. The second-order valence-corrected chi connectivity index (χ2v) is 6.71. The molecule has 0 bridgehead atoms. The number of hydrogen-bond acceptors (Lipinski definition) is 1. The summed E-state index contributed by atoms with van der Waals surface area (Å²) in [4.78, 5) is 0. The average molecular weight is 282 g/mol. The maximum absolute atomic E-state index is 6.31. The molecule has 2 unspecified atom stereocenters. The molecule has 1 N–H and O–H groups in total. The molecule has 2 heteroatoms. The van der Waals surface area contributed by atoms with Gasteiger partial charge in [0.05, 0.1) is 0 Å². The van der Waals surface area contributed by atoms with Gasteiger partial charge in [-0.05, 0) is 61.4 Å². The number of rotatable bonds is 7. The van der Waals surface area contributed by atoms with Crippen LogP contribution in [0.3, 0.4) is 0 Å². The van der Waals surface area contributed by atoms with Crippen LogP contribution >= 0.6 is 11.6 Å². The SMILES string of the molecule is Cc1ccc(CC(C)C(C)CNCC(C)C)c(Cl)c1. The standard InChI is InChI=1S/C17H28ClN/c1-12(2)10-19-11-15(5)14(4)9-16-7-6-13(3)8-17(16)18/h6-8,12,14-15,19H,9-11H2,1-5H3. The van der Waals surface area contributed by atoms with E-state index in [-0.39, 0.29) is 0 Å². The Labute approximate surface area is 123 Å². The molecule has 0 saturated heterocycles. The first-order valence-corrected chi connectivity index (χ1v) is 7.73. The van der Waals surface area contributed by atoms with Crippen LogP contribution in [-0.2, 0) is 6.42 Å². The highest BCUT2D eigenvalue weighted by Crippen LogP contribution is 2.23. The van der Waals surface area contributed by atoms with Crippen molar-refractivity contribution >= 4 is 11.6 Å². The van der Waals surface area contributed by atoms with E-state index in [0.29, 0.717) is 17.8 Å². The fourth-order valence-electron chi connectivity index (χ4n) is 2.17. The van der Waals surface area contributed by atoms with E-state index < -0.39 is 0 Å². The zero-order valence-corrected chi connectivity index (χ0v) is 13.7. The minimum atomic E-state index is 0.639. The molecule has 0 fully saturated rings. The molecule has 0 heterocycles. The van der Waals surface area contributed by atoms with Gasteiger partial charge in [0.1, 0.15) is 0 Å². The Balaban J connectivity index is 2.47. The summed E-state index contributed by atoms with van der Waals surface area (Å²) in [7, 11) is 0.